The quantitative estimate of drug-likeness (QED) is 0.829. The third kappa shape index (κ3) is 5.08. The van der Waals surface area contributed by atoms with Gasteiger partial charge in [0.25, 0.3) is 0 Å². The van der Waals surface area contributed by atoms with Crippen molar-refractivity contribution < 1.29 is 9.13 Å². The number of benzene rings is 1. The third-order valence-corrected chi connectivity index (χ3v) is 4.69. The zero-order valence-electron chi connectivity index (χ0n) is 12.7. The Morgan fingerprint density at radius 2 is 2.00 bits per heavy atom. The normalized spacial score (nSPS) is 21.4. The molecule has 3 heteroatoms. The summed E-state index contributed by atoms with van der Waals surface area (Å²) in [6.45, 7) is 2.89. The van der Waals surface area contributed by atoms with Crippen LogP contribution in [0.4, 0.5) is 4.39 Å². The van der Waals surface area contributed by atoms with Crippen LogP contribution < -0.4 is 5.32 Å². The van der Waals surface area contributed by atoms with E-state index in [1.807, 2.05) is 6.07 Å². The van der Waals surface area contributed by atoms with Gasteiger partial charge in [-0.25, -0.2) is 4.39 Å². The minimum atomic E-state index is -0.118. The van der Waals surface area contributed by atoms with E-state index in [0.29, 0.717) is 5.92 Å². The molecule has 1 N–H and O–H groups in total. The first-order valence-corrected chi connectivity index (χ1v) is 8.35. The van der Waals surface area contributed by atoms with Gasteiger partial charge >= 0.3 is 0 Å². The Kier molecular flexibility index (Phi) is 5.26. The van der Waals surface area contributed by atoms with Crippen LogP contribution in [0.3, 0.4) is 0 Å². The van der Waals surface area contributed by atoms with Crippen molar-refractivity contribution in [1.82, 2.24) is 5.32 Å². The van der Waals surface area contributed by atoms with Gasteiger partial charge in [0.05, 0.1) is 0 Å². The number of ether oxygens (including phenoxy) is 1. The molecule has 1 heterocycles. The van der Waals surface area contributed by atoms with Gasteiger partial charge < -0.3 is 10.1 Å². The van der Waals surface area contributed by atoms with Crippen molar-refractivity contribution in [2.45, 2.75) is 44.6 Å². The molecule has 2 nitrogen and oxygen atoms in total. The average molecular weight is 291 g/mol. The van der Waals surface area contributed by atoms with Crippen LogP contribution in [0.2, 0.25) is 0 Å². The molecule has 2 aliphatic rings. The molecular formula is C18H26FNO. The lowest BCUT2D eigenvalue weighted by Crippen LogP contribution is -2.29. The summed E-state index contributed by atoms with van der Waals surface area (Å²) in [5.74, 6) is 1.27. The van der Waals surface area contributed by atoms with Crippen LogP contribution in [0.15, 0.2) is 24.3 Å². The summed E-state index contributed by atoms with van der Waals surface area (Å²) in [6.07, 6.45) is 7.23. The largest absolute Gasteiger partial charge is 0.381 e. The van der Waals surface area contributed by atoms with Crippen molar-refractivity contribution in [3.63, 3.8) is 0 Å². The van der Waals surface area contributed by atoms with E-state index in [-0.39, 0.29) is 5.82 Å². The lowest BCUT2D eigenvalue weighted by Gasteiger charge is -2.27. The van der Waals surface area contributed by atoms with Crippen molar-refractivity contribution in [2.75, 3.05) is 19.8 Å². The average Bonchev–Trinajstić information content (AvgIpc) is 3.30. The first kappa shape index (κ1) is 15.0. The van der Waals surface area contributed by atoms with Gasteiger partial charge in [0.1, 0.15) is 5.82 Å². The van der Waals surface area contributed by atoms with Crippen LogP contribution in [0.5, 0.6) is 0 Å². The molecular weight excluding hydrogens is 265 g/mol. The summed E-state index contributed by atoms with van der Waals surface area (Å²) in [4.78, 5) is 0. The smallest absolute Gasteiger partial charge is 0.123 e. The fourth-order valence-corrected chi connectivity index (χ4v) is 3.31. The number of halogens is 1. The second-order valence-corrected chi connectivity index (χ2v) is 6.67. The Labute approximate surface area is 127 Å². The highest BCUT2D eigenvalue weighted by molar-refractivity contribution is 5.17. The van der Waals surface area contributed by atoms with Gasteiger partial charge in [-0.15, -0.1) is 0 Å². The van der Waals surface area contributed by atoms with Crippen LogP contribution in [-0.4, -0.2) is 25.8 Å². The van der Waals surface area contributed by atoms with Crippen molar-refractivity contribution >= 4 is 0 Å². The maximum absolute atomic E-state index is 13.4. The van der Waals surface area contributed by atoms with Gasteiger partial charge in [0.15, 0.2) is 0 Å². The van der Waals surface area contributed by atoms with Crippen molar-refractivity contribution in [1.29, 1.82) is 0 Å². The summed E-state index contributed by atoms with van der Waals surface area (Å²) < 4.78 is 18.8. The van der Waals surface area contributed by atoms with Crippen LogP contribution in [0.1, 0.15) is 37.7 Å². The van der Waals surface area contributed by atoms with E-state index in [4.69, 9.17) is 4.74 Å². The fraction of sp³-hybridized carbons (Fsp3) is 0.667. The molecule has 0 bridgehead atoms. The molecule has 116 valence electrons. The molecule has 1 aliphatic heterocycles. The predicted octanol–water partition coefficient (Wildman–Crippen LogP) is 3.55. The first-order chi connectivity index (χ1) is 10.3. The number of hydrogen-bond acceptors (Lipinski definition) is 2. The Morgan fingerprint density at radius 1 is 1.19 bits per heavy atom. The summed E-state index contributed by atoms with van der Waals surface area (Å²) >= 11 is 0. The second kappa shape index (κ2) is 7.37. The molecule has 1 unspecified atom stereocenters. The van der Waals surface area contributed by atoms with E-state index in [0.717, 1.165) is 43.7 Å². The van der Waals surface area contributed by atoms with Gasteiger partial charge in [-0.05, 0) is 74.6 Å². The monoisotopic (exact) mass is 291 g/mol. The minimum absolute atomic E-state index is 0.118. The number of nitrogens with one attached hydrogen (secondary N) is 1. The summed E-state index contributed by atoms with van der Waals surface area (Å²) in [5.41, 5.74) is 1.13. The topological polar surface area (TPSA) is 21.3 Å². The molecule has 1 aromatic rings. The molecule has 21 heavy (non-hydrogen) atoms. The van der Waals surface area contributed by atoms with E-state index < -0.39 is 0 Å². The van der Waals surface area contributed by atoms with E-state index in [2.05, 4.69) is 11.4 Å². The van der Waals surface area contributed by atoms with E-state index >= 15 is 0 Å². The maximum Gasteiger partial charge on any atom is 0.123 e. The van der Waals surface area contributed by atoms with Crippen LogP contribution in [0, 0.1) is 17.7 Å². The molecule has 1 aliphatic carbocycles. The predicted molar refractivity (Wildman–Crippen MR) is 82.8 cm³/mol. The van der Waals surface area contributed by atoms with Crippen LogP contribution in [-0.2, 0) is 11.2 Å². The summed E-state index contributed by atoms with van der Waals surface area (Å²) in [7, 11) is 0. The lowest BCUT2D eigenvalue weighted by atomic mass is 9.85. The van der Waals surface area contributed by atoms with E-state index in [9.17, 15) is 4.39 Å². The van der Waals surface area contributed by atoms with E-state index in [1.165, 1.54) is 38.2 Å². The van der Waals surface area contributed by atoms with Gasteiger partial charge in [-0.1, -0.05) is 12.1 Å². The zero-order chi connectivity index (χ0) is 14.5. The highest BCUT2D eigenvalue weighted by Crippen LogP contribution is 2.26. The standard InChI is InChI=1S/C18H26FNO/c19-17-3-1-2-15(12-17)11-16(13-20-18-4-5-18)10-14-6-8-21-9-7-14/h1-3,12,14,16,18,20H,4-11,13H2. The van der Waals surface area contributed by atoms with Gasteiger partial charge in [-0.2, -0.15) is 0 Å². The molecule has 1 saturated carbocycles. The third-order valence-electron chi connectivity index (χ3n) is 4.69. The lowest BCUT2D eigenvalue weighted by molar-refractivity contribution is 0.0584. The highest BCUT2D eigenvalue weighted by atomic mass is 19.1. The Hall–Kier alpha value is -0.930. The molecule has 1 atom stereocenters. The van der Waals surface area contributed by atoms with Crippen LogP contribution in [0.25, 0.3) is 0 Å². The Morgan fingerprint density at radius 3 is 2.71 bits per heavy atom. The molecule has 1 saturated heterocycles. The molecule has 1 aromatic carbocycles. The van der Waals surface area contributed by atoms with Crippen molar-refractivity contribution in [3.05, 3.63) is 35.6 Å². The molecule has 2 fully saturated rings. The van der Waals surface area contributed by atoms with Gasteiger partial charge in [0, 0.05) is 19.3 Å². The molecule has 0 aromatic heterocycles. The second-order valence-electron chi connectivity index (χ2n) is 6.67. The molecule has 3 rings (SSSR count). The first-order valence-electron chi connectivity index (χ1n) is 8.35. The molecule has 0 spiro atoms. The van der Waals surface area contributed by atoms with E-state index in [1.54, 1.807) is 6.07 Å². The van der Waals surface area contributed by atoms with Crippen LogP contribution >= 0.6 is 0 Å². The summed E-state index contributed by atoms with van der Waals surface area (Å²) in [6, 6.07) is 7.84. The number of rotatable bonds is 7. The Balaban J connectivity index is 1.56. The minimum Gasteiger partial charge on any atom is -0.381 e. The summed E-state index contributed by atoms with van der Waals surface area (Å²) in [5, 5.41) is 3.66. The van der Waals surface area contributed by atoms with Crippen molar-refractivity contribution in [3.8, 4) is 0 Å². The van der Waals surface area contributed by atoms with Crippen molar-refractivity contribution in [2.24, 2.45) is 11.8 Å². The maximum atomic E-state index is 13.4. The number of hydrogen-bond donors (Lipinski definition) is 1. The molecule has 0 radical (unpaired) electrons. The van der Waals surface area contributed by atoms with Gasteiger partial charge in [0.2, 0.25) is 0 Å². The highest BCUT2D eigenvalue weighted by Gasteiger charge is 2.24. The van der Waals surface area contributed by atoms with Gasteiger partial charge in [-0.3, -0.25) is 0 Å². The molecule has 0 amide bonds. The Bertz CT molecular complexity index is 441. The fourth-order valence-electron chi connectivity index (χ4n) is 3.31. The zero-order valence-corrected chi connectivity index (χ0v) is 12.7. The SMILES string of the molecule is Fc1cccc(CC(CNC2CC2)CC2CCOCC2)c1.